The van der Waals surface area contributed by atoms with Crippen LogP contribution in [0.15, 0.2) is 10.9 Å². The molecular weight excluding hydrogens is 310 g/mol. The zero-order chi connectivity index (χ0) is 15.4. The summed E-state index contributed by atoms with van der Waals surface area (Å²) in [4.78, 5) is 34.2. The summed E-state index contributed by atoms with van der Waals surface area (Å²) in [7, 11) is 1.84. The highest BCUT2D eigenvalue weighted by molar-refractivity contribution is 7.17. The molecule has 0 aliphatic rings. The lowest BCUT2D eigenvalue weighted by Gasteiger charge is -2.13. The summed E-state index contributed by atoms with van der Waals surface area (Å²) in [5, 5.41) is 2.54. The Morgan fingerprint density at radius 3 is 2.76 bits per heavy atom. The maximum absolute atomic E-state index is 11.9. The van der Waals surface area contributed by atoms with E-state index < -0.39 is 5.97 Å². The smallest absolute Gasteiger partial charge is 0.358 e. The van der Waals surface area contributed by atoms with Crippen LogP contribution in [0.2, 0.25) is 0 Å². The van der Waals surface area contributed by atoms with E-state index in [1.54, 1.807) is 12.4 Å². The fraction of sp³-hybridized carbons (Fsp3) is 0.385. The Hall–Kier alpha value is -1.80. The van der Waals surface area contributed by atoms with Crippen LogP contribution in [-0.4, -0.2) is 35.4 Å². The SMILES string of the molecule is CCOC(=O)c1nc(N(C)Cc2cscn2)sc1C(C)=O. The summed E-state index contributed by atoms with van der Waals surface area (Å²) in [6.45, 7) is 3.95. The van der Waals surface area contributed by atoms with Gasteiger partial charge in [0.05, 0.1) is 24.4 Å². The number of rotatable bonds is 6. The van der Waals surface area contributed by atoms with Gasteiger partial charge >= 0.3 is 5.97 Å². The maximum Gasteiger partial charge on any atom is 0.358 e. The molecule has 0 aliphatic heterocycles. The third-order valence-corrected chi connectivity index (χ3v) is 4.52. The van der Waals surface area contributed by atoms with Gasteiger partial charge in [-0.1, -0.05) is 11.3 Å². The molecule has 0 unspecified atom stereocenters. The summed E-state index contributed by atoms with van der Waals surface area (Å²) >= 11 is 2.71. The Morgan fingerprint density at radius 1 is 1.43 bits per heavy atom. The van der Waals surface area contributed by atoms with Crippen molar-refractivity contribution in [2.75, 3.05) is 18.6 Å². The molecule has 0 fully saturated rings. The van der Waals surface area contributed by atoms with Gasteiger partial charge in [-0.15, -0.1) is 11.3 Å². The lowest BCUT2D eigenvalue weighted by Crippen LogP contribution is -2.16. The lowest BCUT2D eigenvalue weighted by atomic mass is 10.3. The molecule has 21 heavy (non-hydrogen) atoms. The van der Waals surface area contributed by atoms with Gasteiger partial charge in [0, 0.05) is 19.4 Å². The van der Waals surface area contributed by atoms with E-state index in [0.29, 0.717) is 16.6 Å². The molecule has 0 spiro atoms. The molecule has 0 bridgehead atoms. The summed E-state index contributed by atoms with van der Waals surface area (Å²) in [5.74, 6) is -0.754. The summed E-state index contributed by atoms with van der Waals surface area (Å²) in [6, 6.07) is 0. The molecule has 0 N–H and O–H groups in total. The summed E-state index contributed by atoms with van der Waals surface area (Å²) in [5.41, 5.74) is 2.77. The monoisotopic (exact) mass is 325 g/mol. The number of nitrogens with zero attached hydrogens (tertiary/aromatic N) is 3. The van der Waals surface area contributed by atoms with Gasteiger partial charge in [0.25, 0.3) is 0 Å². The van der Waals surface area contributed by atoms with Gasteiger partial charge in [-0.2, -0.15) is 0 Å². The largest absolute Gasteiger partial charge is 0.461 e. The van der Waals surface area contributed by atoms with Crippen molar-refractivity contribution in [1.82, 2.24) is 9.97 Å². The van der Waals surface area contributed by atoms with Crippen molar-refractivity contribution in [2.24, 2.45) is 0 Å². The number of ether oxygens (including phenoxy) is 1. The van der Waals surface area contributed by atoms with E-state index in [2.05, 4.69) is 9.97 Å². The van der Waals surface area contributed by atoms with Crippen molar-refractivity contribution in [3.63, 3.8) is 0 Å². The molecule has 6 nitrogen and oxygen atoms in total. The van der Waals surface area contributed by atoms with Crippen molar-refractivity contribution in [3.8, 4) is 0 Å². The Bertz CT molecular complexity index is 637. The number of anilines is 1. The van der Waals surface area contributed by atoms with E-state index in [4.69, 9.17) is 4.74 Å². The van der Waals surface area contributed by atoms with Crippen molar-refractivity contribution in [1.29, 1.82) is 0 Å². The van der Waals surface area contributed by atoms with Crippen molar-refractivity contribution in [2.45, 2.75) is 20.4 Å². The Labute approximate surface area is 130 Å². The van der Waals surface area contributed by atoms with Gasteiger partial charge in [-0.3, -0.25) is 4.79 Å². The standard InChI is InChI=1S/C13H15N3O3S2/c1-4-19-12(18)10-11(8(2)17)21-13(15-10)16(3)5-9-6-20-7-14-9/h6-7H,4-5H2,1-3H3. The number of thiazole rings is 2. The molecule has 0 atom stereocenters. The number of esters is 1. The second-order valence-corrected chi connectivity index (χ2v) is 5.98. The van der Waals surface area contributed by atoms with Crippen LogP contribution in [0.1, 0.15) is 39.7 Å². The number of carbonyl (C=O) groups excluding carboxylic acids is 2. The lowest BCUT2D eigenvalue weighted by molar-refractivity contribution is 0.0517. The Balaban J connectivity index is 2.26. The molecule has 2 aromatic rings. The van der Waals surface area contributed by atoms with Gasteiger partial charge in [-0.25, -0.2) is 14.8 Å². The Kier molecular flexibility index (Phi) is 5.03. The highest BCUT2D eigenvalue weighted by Gasteiger charge is 2.23. The fourth-order valence-corrected chi connectivity index (χ4v) is 3.13. The van der Waals surface area contributed by atoms with Crippen LogP contribution in [-0.2, 0) is 11.3 Å². The average Bonchev–Trinajstić information content (AvgIpc) is 3.07. The van der Waals surface area contributed by atoms with Crippen molar-refractivity contribution >= 4 is 39.6 Å². The number of aromatic nitrogens is 2. The topological polar surface area (TPSA) is 72.4 Å². The minimum atomic E-state index is -0.563. The van der Waals surface area contributed by atoms with Crippen LogP contribution in [0.4, 0.5) is 5.13 Å². The third-order valence-electron chi connectivity index (χ3n) is 2.61. The van der Waals surface area contributed by atoms with Gasteiger partial charge in [0.15, 0.2) is 16.6 Å². The first kappa shape index (κ1) is 15.6. The first-order valence-electron chi connectivity index (χ1n) is 6.30. The second kappa shape index (κ2) is 6.77. The number of ketones is 1. The quantitative estimate of drug-likeness (QED) is 0.600. The van der Waals surface area contributed by atoms with Crippen molar-refractivity contribution < 1.29 is 14.3 Å². The Morgan fingerprint density at radius 2 is 2.19 bits per heavy atom. The molecular formula is C13H15N3O3S2. The molecule has 0 aliphatic carbocycles. The molecule has 2 aromatic heterocycles. The van der Waals surface area contributed by atoms with Crippen molar-refractivity contribution in [3.05, 3.63) is 27.2 Å². The maximum atomic E-state index is 11.9. The van der Waals surface area contributed by atoms with E-state index in [1.165, 1.54) is 29.6 Å². The number of Topliss-reactive ketones (excluding diaryl/α,β-unsaturated/α-hetero) is 1. The zero-order valence-corrected chi connectivity index (χ0v) is 13.6. The first-order chi connectivity index (χ1) is 10.0. The predicted molar refractivity (Wildman–Crippen MR) is 82.3 cm³/mol. The highest BCUT2D eigenvalue weighted by atomic mass is 32.1. The van der Waals surface area contributed by atoms with Gasteiger partial charge in [0.2, 0.25) is 0 Å². The van der Waals surface area contributed by atoms with Crippen LogP contribution in [0.25, 0.3) is 0 Å². The average molecular weight is 325 g/mol. The van der Waals surface area contributed by atoms with Gasteiger partial charge < -0.3 is 9.64 Å². The molecule has 2 rings (SSSR count). The predicted octanol–water partition coefficient (Wildman–Crippen LogP) is 2.62. The van der Waals surface area contributed by atoms with E-state index in [1.807, 2.05) is 17.3 Å². The van der Waals surface area contributed by atoms with E-state index in [9.17, 15) is 9.59 Å². The number of hydrogen-bond acceptors (Lipinski definition) is 8. The normalized spacial score (nSPS) is 10.4. The van der Waals surface area contributed by atoms with E-state index >= 15 is 0 Å². The van der Waals surface area contributed by atoms with E-state index in [0.717, 1.165) is 5.69 Å². The minimum Gasteiger partial charge on any atom is -0.461 e. The van der Waals surface area contributed by atoms with Gasteiger partial charge in [-0.05, 0) is 6.92 Å². The molecule has 0 saturated heterocycles. The minimum absolute atomic E-state index is 0.0921. The molecule has 8 heteroatoms. The molecule has 0 aromatic carbocycles. The summed E-state index contributed by atoms with van der Waals surface area (Å²) < 4.78 is 4.94. The van der Waals surface area contributed by atoms with E-state index in [-0.39, 0.29) is 18.1 Å². The first-order valence-corrected chi connectivity index (χ1v) is 8.06. The summed E-state index contributed by atoms with van der Waals surface area (Å²) in [6.07, 6.45) is 0. The third kappa shape index (κ3) is 3.64. The van der Waals surface area contributed by atoms with Crippen LogP contribution in [0.3, 0.4) is 0 Å². The van der Waals surface area contributed by atoms with Crippen LogP contribution in [0.5, 0.6) is 0 Å². The van der Waals surface area contributed by atoms with Crippen LogP contribution >= 0.6 is 22.7 Å². The number of carbonyl (C=O) groups is 2. The molecule has 2 heterocycles. The molecule has 0 radical (unpaired) electrons. The van der Waals surface area contributed by atoms with Crippen LogP contribution in [0, 0.1) is 0 Å². The number of hydrogen-bond donors (Lipinski definition) is 0. The molecule has 0 amide bonds. The zero-order valence-electron chi connectivity index (χ0n) is 12.0. The molecule has 112 valence electrons. The van der Waals surface area contributed by atoms with Gasteiger partial charge in [0.1, 0.15) is 4.88 Å². The highest BCUT2D eigenvalue weighted by Crippen LogP contribution is 2.27. The second-order valence-electron chi connectivity index (χ2n) is 4.29. The van der Waals surface area contributed by atoms with Crippen LogP contribution < -0.4 is 4.90 Å². The molecule has 0 saturated carbocycles. The fourth-order valence-electron chi connectivity index (χ4n) is 1.67.